The number of nitrogens with one attached hydrogen (secondary N) is 1. The summed E-state index contributed by atoms with van der Waals surface area (Å²) < 4.78 is 10.2. The van der Waals surface area contributed by atoms with E-state index in [0.717, 1.165) is 5.69 Å². The number of amides is 2. The van der Waals surface area contributed by atoms with Crippen molar-refractivity contribution >= 4 is 28.9 Å². The maximum atomic E-state index is 12.5. The maximum absolute atomic E-state index is 12.5. The minimum Gasteiger partial charge on any atom is -0.497 e. The van der Waals surface area contributed by atoms with Crippen LogP contribution in [-0.4, -0.2) is 32.6 Å². The highest BCUT2D eigenvalue weighted by atomic mass is 16.5. The number of rotatable bonds is 5. The summed E-state index contributed by atoms with van der Waals surface area (Å²) in [5.74, 6) is 0.549. The van der Waals surface area contributed by atoms with Gasteiger partial charge >= 0.3 is 0 Å². The molecule has 2 aromatic rings. The molecule has 7 heteroatoms. The van der Waals surface area contributed by atoms with E-state index in [0.29, 0.717) is 29.4 Å². The molecule has 1 atom stereocenters. The SMILES string of the molecule is COc1ccc(N2CC(C(=O)Nc3ccc(OC)c(N)c3)CC2=O)cc1. The zero-order chi connectivity index (χ0) is 18.7. The number of ether oxygens (including phenoxy) is 2. The molecule has 3 N–H and O–H groups in total. The number of nitrogens with two attached hydrogens (primary N) is 1. The van der Waals surface area contributed by atoms with Gasteiger partial charge in [-0.1, -0.05) is 0 Å². The van der Waals surface area contributed by atoms with Crippen LogP contribution in [0, 0.1) is 5.92 Å². The lowest BCUT2D eigenvalue weighted by Crippen LogP contribution is -2.28. The second kappa shape index (κ2) is 7.35. The van der Waals surface area contributed by atoms with Gasteiger partial charge in [-0.3, -0.25) is 9.59 Å². The Bertz CT molecular complexity index is 820. The molecule has 0 spiro atoms. The van der Waals surface area contributed by atoms with Crippen LogP contribution >= 0.6 is 0 Å². The Balaban J connectivity index is 1.67. The molecule has 0 aliphatic carbocycles. The van der Waals surface area contributed by atoms with Gasteiger partial charge in [0.05, 0.1) is 25.8 Å². The summed E-state index contributed by atoms with van der Waals surface area (Å²) in [5, 5.41) is 2.81. The molecule has 0 bridgehead atoms. The fraction of sp³-hybridized carbons (Fsp3) is 0.263. The van der Waals surface area contributed by atoms with Crippen LogP contribution in [0.2, 0.25) is 0 Å². The zero-order valence-electron chi connectivity index (χ0n) is 14.7. The quantitative estimate of drug-likeness (QED) is 0.803. The van der Waals surface area contributed by atoms with E-state index in [4.69, 9.17) is 15.2 Å². The lowest BCUT2D eigenvalue weighted by molar-refractivity contribution is -0.122. The number of benzene rings is 2. The first-order valence-corrected chi connectivity index (χ1v) is 8.20. The number of anilines is 3. The number of hydrogen-bond acceptors (Lipinski definition) is 5. The molecular weight excluding hydrogens is 334 g/mol. The molecule has 0 aromatic heterocycles. The van der Waals surface area contributed by atoms with Crippen molar-refractivity contribution in [1.29, 1.82) is 0 Å². The number of nitrogen functional groups attached to an aromatic ring is 1. The van der Waals surface area contributed by atoms with Crippen LogP contribution in [-0.2, 0) is 9.59 Å². The van der Waals surface area contributed by atoms with Crippen molar-refractivity contribution in [3.63, 3.8) is 0 Å². The summed E-state index contributed by atoms with van der Waals surface area (Å²) in [6.45, 7) is 0.336. The van der Waals surface area contributed by atoms with Crippen LogP contribution in [0.4, 0.5) is 17.1 Å². The zero-order valence-corrected chi connectivity index (χ0v) is 14.7. The van der Waals surface area contributed by atoms with Crippen molar-refractivity contribution in [3.8, 4) is 11.5 Å². The predicted molar refractivity (Wildman–Crippen MR) is 99.5 cm³/mol. The second-order valence-electron chi connectivity index (χ2n) is 6.05. The van der Waals surface area contributed by atoms with E-state index in [-0.39, 0.29) is 18.2 Å². The molecule has 7 nitrogen and oxygen atoms in total. The van der Waals surface area contributed by atoms with Gasteiger partial charge in [-0.15, -0.1) is 0 Å². The molecular formula is C19H21N3O4. The smallest absolute Gasteiger partial charge is 0.229 e. The van der Waals surface area contributed by atoms with Crippen LogP contribution in [0.3, 0.4) is 0 Å². The standard InChI is InChI=1S/C19H21N3O4/c1-25-15-6-4-14(5-7-15)22-11-12(9-18(22)23)19(24)21-13-3-8-17(26-2)16(20)10-13/h3-8,10,12H,9,11,20H2,1-2H3,(H,21,24). The van der Waals surface area contributed by atoms with Crippen LogP contribution in [0.1, 0.15) is 6.42 Å². The van der Waals surface area contributed by atoms with Gasteiger partial charge in [0.2, 0.25) is 11.8 Å². The topological polar surface area (TPSA) is 93.9 Å². The minimum absolute atomic E-state index is 0.0791. The van der Waals surface area contributed by atoms with E-state index >= 15 is 0 Å². The van der Waals surface area contributed by atoms with Crippen molar-refractivity contribution in [2.45, 2.75) is 6.42 Å². The second-order valence-corrected chi connectivity index (χ2v) is 6.05. The summed E-state index contributed by atoms with van der Waals surface area (Å²) >= 11 is 0. The average molecular weight is 355 g/mol. The van der Waals surface area contributed by atoms with Crippen molar-refractivity contribution in [3.05, 3.63) is 42.5 Å². The molecule has 1 aliphatic rings. The van der Waals surface area contributed by atoms with Gasteiger partial charge in [-0.2, -0.15) is 0 Å². The van der Waals surface area contributed by atoms with Gasteiger partial charge in [0.1, 0.15) is 11.5 Å². The molecule has 2 aromatic carbocycles. The highest BCUT2D eigenvalue weighted by Gasteiger charge is 2.35. The van der Waals surface area contributed by atoms with Gasteiger partial charge in [0.25, 0.3) is 0 Å². The third kappa shape index (κ3) is 3.56. The number of carbonyl (C=O) groups is 2. The summed E-state index contributed by atoms with van der Waals surface area (Å²) in [6.07, 6.45) is 0.170. The van der Waals surface area contributed by atoms with E-state index in [2.05, 4.69) is 5.32 Å². The summed E-state index contributed by atoms with van der Waals surface area (Å²) in [7, 11) is 3.12. The van der Waals surface area contributed by atoms with Crippen LogP contribution in [0.25, 0.3) is 0 Å². The largest absolute Gasteiger partial charge is 0.497 e. The van der Waals surface area contributed by atoms with E-state index in [1.54, 1.807) is 54.5 Å². The number of nitrogens with zero attached hydrogens (tertiary/aromatic N) is 1. The van der Waals surface area contributed by atoms with Crippen molar-refractivity contribution in [2.24, 2.45) is 5.92 Å². The fourth-order valence-corrected chi connectivity index (χ4v) is 2.95. The van der Waals surface area contributed by atoms with Crippen molar-refractivity contribution < 1.29 is 19.1 Å². The highest BCUT2D eigenvalue weighted by Crippen LogP contribution is 2.29. The summed E-state index contributed by atoms with van der Waals surface area (Å²) in [4.78, 5) is 26.5. The van der Waals surface area contributed by atoms with Crippen molar-refractivity contribution in [1.82, 2.24) is 0 Å². The van der Waals surface area contributed by atoms with E-state index in [1.165, 1.54) is 7.11 Å². The number of carbonyl (C=O) groups excluding carboxylic acids is 2. The van der Waals surface area contributed by atoms with Crippen LogP contribution in [0.5, 0.6) is 11.5 Å². The Morgan fingerprint density at radius 1 is 1.15 bits per heavy atom. The molecule has 0 saturated carbocycles. The molecule has 3 rings (SSSR count). The van der Waals surface area contributed by atoms with E-state index in [1.807, 2.05) is 0 Å². The van der Waals surface area contributed by atoms with E-state index < -0.39 is 5.92 Å². The lowest BCUT2D eigenvalue weighted by atomic mass is 10.1. The Kier molecular flexibility index (Phi) is 4.97. The molecule has 1 unspecified atom stereocenters. The first-order valence-electron chi connectivity index (χ1n) is 8.20. The third-order valence-electron chi connectivity index (χ3n) is 4.38. The Morgan fingerprint density at radius 3 is 2.50 bits per heavy atom. The first kappa shape index (κ1) is 17.6. The first-order chi connectivity index (χ1) is 12.5. The number of hydrogen-bond donors (Lipinski definition) is 2. The molecule has 1 heterocycles. The fourth-order valence-electron chi connectivity index (χ4n) is 2.95. The normalized spacial score (nSPS) is 16.5. The Labute approximate surface area is 151 Å². The van der Waals surface area contributed by atoms with Crippen molar-refractivity contribution in [2.75, 3.05) is 36.7 Å². The monoisotopic (exact) mass is 355 g/mol. The molecule has 136 valence electrons. The summed E-state index contributed by atoms with van der Waals surface area (Å²) in [5.41, 5.74) is 7.62. The van der Waals surface area contributed by atoms with Gasteiger partial charge in [-0.05, 0) is 42.5 Å². The van der Waals surface area contributed by atoms with Crippen LogP contribution in [0.15, 0.2) is 42.5 Å². The predicted octanol–water partition coefficient (Wildman–Crippen LogP) is 2.28. The maximum Gasteiger partial charge on any atom is 0.229 e. The highest BCUT2D eigenvalue weighted by molar-refractivity contribution is 6.03. The molecule has 1 aliphatic heterocycles. The third-order valence-corrected chi connectivity index (χ3v) is 4.38. The molecule has 2 amide bonds. The van der Waals surface area contributed by atoms with Crippen LogP contribution < -0.4 is 25.4 Å². The minimum atomic E-state index is -0.423. The van der Waals surface area contributed by atoms with Gasteiger partial charge in [0, 0.05) is 24.3 Å². The molecule has 26 heavy (non-hydrogen) atoms. The summed E-state index contributed by atoms with van der Waals surface area (Å²) in [6, 6.07) is 12.2. The number of methoxy groups -OCH3 is 2. The van der Waals surface area contributed by atoms with Gasteiger partial charge < -0.3 is 25.4 Å². The van der Waals surface area contributed by atoms with Gasteiger partial charge in [0.15, 0.2) is 0 Å². The van der Waals surface area contributed by atoms with Gasteiger partial charge in [-0.25, -0.2) is 0 Å². The molecule has 0 radical (unpaired) electrons. The van der Waals surface area contributed by atoms with E-state index in [9.17, 15) is 9.59 Å². The lowest BCUT2D eigenvalue weighted by Gasteiger charge is -2.17. The molecule has 1 fully saturated rings. The average Bonchev–Trinajstić information content (AvgIpc) is 3.04. The molecule has 1 saturated heterocycles. The Hall–Kier alpha value is -3.22. The Morgan fingerprint density at radius 2 is 1.88 bits per heavy atom.